The third-order valence-corrected chi connectivity index (χ3v) is 6.73. The molecule has 30 heavy (non-hydrogen) atoms. The molecule has 1 N–H and O–H groups in total. The van der Waals surface area contributed by atoms with E-state index in [1.165, 1.54) is 15.8 Å². The molecule has 0 bridgehead atoms. The van der Waals surface area contributed by atoms with Gasteiger partial charge in [-0.05, 0) is 61.4 Å². The number of carbonyl (C=O) groups is 2. The summed E-state index contributed by atoms with van der Waals surface area (Å²) in [4.78, 5) is 44.0. The van der Waals surface area contributed by atoms with Crippen LogP contribution in [0.15, 0.2) is 35.4 Å². The molecule has 156 valence electrons. The Morgan fingerprint density at radius 3 is 2.77 bits per heavy atom. The number of thiophene rings is 1. The topological polar surface area (TPSA) is 81.1 Å². The molecule has 1 amide bonds. The predicted octanol–water partition coefficient (Wildman–Crippen LogP) is 4.20. The molecule has 0 radical (unpaired) electrons. The molecule has 1 aromatic carbocycles. The second-order valence-electron chi connectivity index (χ2n) is 8.01. The van der Waals surface area contributed by atoms with Crippen LogP contribution in [0.1, 0.15) is 53.9 Å². The summed E-state index contributed by atoms with van der Waals surface area (Å²) in [6.07, 6.45) is 5.69. The Morgan fingerprint density at radius 2 is 2.03 bits per heavy atom. The maximum Gasteiger partial charge on any atom is 0.262 e. The summed E-state index contributed by atoms with van der Waals surface area (Å²) in [5, 5.41) is 3.49. The first-order chi connectivity index (χ1) is 14.5. The Bertz CT molecular complexity index is 1160. The number of aryl methyl sites for hydroxylation is 1. The van der Waals surface area contributed by atoms with E-state index in [0.29, 0.717) is 29.0 Å². The van der Waals surface area contributed by atoms with Gasteiger partial charge in [0.1, 0.15) is 4.83 Å². The van der Waals surface area contributed by atoms with Crippen molar-refractivity contribution in [2.75, 3.05) is 5.32 Å². The fourth-order valence-corrected chi connectivity index (χ4v) is 5.26. The Labute approximate surface area is 179 Å². The van der Waals surface area contributed by atoms with Crippen molar-refractivity contribution in [2.45, 2.75) is 52.5 Å². The van der Waals surface area contributed by atoms with Crippen LogP contribution in [0.25, 0.3) is 10.2 Å². The van der Waals surface area contributed by atoms with Crippen LogP contribution in [0.5, 0.6) is 0 Å². The van der Waals surface area contributed by atoms with E-state index in [-0.39, 0.29) is 23.8 Å². The number of hydrogen-bond acceptors (Lipinski definition) is 5. The second-order valence-corrected chi connectivity index (χ2v) is 9.09. The molecule has 0 saturated heterocycles. The van der Waals surface area contributed by atoms with E-state index in [9.17, 15) is 14.4 Å². The number of anilines is 1. The SMILES string of the molecule is CCCC(=O)Nc1ccc(C(=O)Cn2cnc3sc4c(c3c2=O)CCC(C)C4)cc1. The van der Waals surface area contributed by atoms with Gasteiger partial charge in [0.05, 0.1) is 18.3 Å². The zero-order chi connectivity index (χ0) is 21.3. The highest BCUT2D eigenvalue weighted by Crippen LogP contribution is 2.35. The third-order valence-electron chi connectivity index (χ3n) is 5.56. The summed E-state index contributed by atoms with van der Waals surface area (Å²) in [5.74, 6) is 0.419. The van der Waals surface area contributed by atoms with E-state index in [1.807, 2.05) is 6.92 Å². The van der Waals surface area contributed by atoms with Crippen LogP contribution in [-0.4, -0.2) is 21.2 Å². The minimum absolute atomic E-state index is 0.0454. The molecule has 6 nitrogen and oxygen atoms in total. The van der Waals surface area contributed by atoms with Gasteiger partial charge >= 0.3 is 0 Å². The monoisotopic (exact) mass is 423 g/mol. The van der Waals surface area contributed by atoms with E-state index < -0.39 is 0 Å². The highest BCUT2D eigenvalue weighted by atomic mass is 32.1. The minimum atomic E-state index is -0.164. The van der Waals surface area contributed by atoms with Gasteiger partial charge in [0.15, 0.2) is 5.78 Å². The number of ketones is 1. The van der Waals surface area contributed by atoms with Crippen molar-refractivity contribution in [3.63, 3.8) is 0 Å². The van der Waals surface area contributed by atoms with Crippen molar-refractivity contribution in [3.8, 4) is 0 Å². The van der Waals surface area contributed by atoms with Crippen LogP contribution in [0.4, 0.5) is 5.69 Å². The van der Waals surface area contributed by atoms with E-state index in [1.54, 1.807) is 35.6 Å². The molecular weight excluding hydrogens is 398 g/mol. The summed E-state index contributed by atoms with van der Waals surface area (Å²) in [6, 6.07) is 6.77. The lowest BCUT2D eigenvalue weighted by Crippen LogP contribution is -2.25. The predicted molar refractivity (Wildman–Crippen MR) is 119 cm³/mol. The molecule has 0 saturated carbocycles. The van der Waals surface area contributed by atoms with E-state index >= 15 is 0 Å². The van der Waals surface area contributed by atoms with Crippen LogP contribution < -0.4 is 10.9 Å². The zero-order valence-electron chi connectivity index (χ0n) is 17.2. The van der Waals surface area contributed by atoms with Crippen molar-refractivity contribution < 1.29 is 9.59 Å². The van der Waals surface area contributed by atoms with Crippen molar-refractivity contribution in [1.82, 2.24) is 9.55 Å². The number of benzene rings is 1. The highest BCUT2D eigenvalue weighted by Gasteiger charge is 2.23. The van der Waals surface area contributed by atoms with E-state index in [4.69, 9.17) is 0 Å². The first kappa shape index (κ1) is 20.5. The molecular formula is C23H25N3O3S. The van der Waals surface area contributed by atoms with Gasteiger partial charge in [0.25, 0.3) is 5.56 Å². The molecule has 1 atom stereocenters. The smallest absolute Gasteiger partial charge is 0.262 e. The molecule has 0 aliphatic heterocycles. The first-order valence-electron chi connectivity index (χ1n) is 10.4. The standard InChI is InChI=1S/C23H25N3O3S/c1-3-4-20(28)25-16-8-6-15(7-9-16)18(27)12-26-13-24-22-21(23(26)29)17-10-5-14(2)11-19(17)30-22/h6-9,13-14H,3-5,10-12H2,1-2H3,(H,25,28). The molecule has 2 aromatic heterocycles. The molecule has 0 spiro atoms. The number of carbonyl (C=O) groups excluding carboxylic acids is 2. The van der Waals surface area contributed by atoms with Gasteiger partial charge in [-0.15, -0.1) is 11.3 Å². The number of rotatable bonds is 6. The number of fused-ring (bicyclic) bond motifs is 3. The normalized spacial score (nSPS) is 15.7. The van der Waals surface area contributed by atoms with Crippen molar-refractivity contribution >= 4 is 38.9 Å². The van der Waals surface area contributed by atoms with Gasteiger partial charge < -0.3 is 5.32 Å². The second kappa shape index (κ2) is 8.52. The summed E-state index contributed by atoms with van der Waals surface area (Å²) < 4.78 is 1.41. The number of Topliss-reactive ketones (excluding diaryl/α,β-unsaturated/α-hetero) is 1. The fourth-order valence-electron chi connectivity index (χ4n) is 3.91. The lowest BCUT2D eigenvalue weighted by molar-refractivity contribution is -0.116. The Hall–Kier alpha value is -2.80. The van der Waals surface area contributed by atoms with Gasteiger partial charge in [0.2, 0.25) is 5.91 Å². The quantitative estimate of drug-likeness (QED) is 0.603. The van der Waals surface area contributed by atoms with Gasteiger partial charge in [0, 0.05) is 22.5 Å². The number of nitrogens with zero attached hydrogens (tertiary/aromatic N) is 2. The van der Waals surface area contributed by atoms with Gasteiger partial charge in [-0.2, -0.15) is 0 Å². The van der Waals surface area contributed by atoms with Crippen LogP contribution in [0.3, 0.4) is 0 Å². The maximum atomic E-state index is 13.1. The molecule has 4 rings (SSSR count). The molecule has 3 aromatic rings. The largest absolute Gasteiger partial charge is 0.326 e. The number of hydrogen-bond donors (Lipinski definition) is 1. The third kappa shape index (κ3) is 4.07. The summed E-state index contributed by atoms with van der Waals surface area (Å²) in [7, 11) is 0. The van der Waals surface area contributed by atoms with Crippen LogP contribution in [0.2, 0.25) is 0 Å². The molecule has 1 aliphatic rings. The molecule has 1 aliphatic carbocycles. The van der Waals surface area contributed by atoms with Gasteiger partial charge in [-0.1, -0.05) is 13.8 Å². The average Bonchev–Trinajstić information content (AvgIpc) is 3.09. The van der Waals surface area contributed by atoms with Crippen LogP contribution >= 0.6 is 11.3 Å². The lowest BCUT2D eigenvalue weighted by Gasteiger charge is -2.17. The molecule has 2 heterocycles. The highest BCUT2D eigenvalue weighted by molar-refractivity contribution is 7.18. The van der Waals surface area contributed by atoms with E-state index in [0.717, 1.165) is 36.1 Å². The summed E-state index contributed by atoms with van der Waals surface area (Å²) >= 11 is 1.61. The molecule has 0 fully saturated rings. The van der Waals surface area contributed by atoms with Crippen molar-refractivity contribution in [3.05, 3.63) is 57.0 Å². The molecule has 7 heteroatoms. The van der Waals surface area contributed by atoms with Crippen molar-refractivity contribution in [1.29, 1.82) is 0 Å². The number of amides is 1. The Kier molecular flexibility index (Phi) is 5.81. The zero-order valence-corrected chi connectivity index (χ0v) is 18.1. The lowest BCUT2D eigenvalue weighted by atomic mass is 9.89. The summed E-state index contributed by atoms with van der Waals surface area (Å²) in [6.45, 7) is 4.13. The number of nitrogens with one attached hydrogen (secondary N) is 1. The van der Waals surface area contributed by atoms with Crippen LogP contribution in [-0.2, 0) is 24.2 Å². The Morgan fingerprint density at radius 1 is 1.27 bits per heavy atom. The van der Waals surface area contributed by atoms with Gasteiger partial charge in [-0.3, -0.25) is 19.0 Å². The fraction of sp³-hybridized carbons (Fsp3) is 0.391. The first-order valence-corrected chi connectivity index (χ1v) is 11.2. The van der Waals surface area contributed by atoms with E-state index in [2.05, 4.69) is 17.2 Å². The summed E-state index contributed by atoms with van der Waals surface area (Å²) in [5.41, 5.74) is 2.14. The average molecular weight is 424 g/mol. The molecule has 1 unspecified atom stereocenters. The van der Waals surface area contributed by atoms with Gasteiger partial charge in [-0.25, -0.2) is 4.98 Å². The van der Waals surface area contributed by atoms with Crippen molar-refractivity contribution in [2.24, 2.45) is 5.92 Å². The van der Waals surface area contributed by atoms with Crippen LogP contribution in [0, 0.1) is 5.92 Å². The maximum absolute atomic E-state index is 13.1. The Balaban J connectivity index is 1.54. The number of aromatic nitrogens is 2. The minimum Gasteiger partial charge on any atom is -0.326 e.